The Bertz CT molecular complexity index is 381. The van der Waals surface area contributed by atoms with E-state index in [1.165, 1.54) is 0 Å². The summed E-state index contributed by atoms with van der Waals surface area (Å²) in [4.78, 5) is 10.9. The zero-order valence-electron chi connectivity index (χ0n) is 7.56. The molecule has 1 atom stereocenters. The third kappa shape index (κ3) is 1.17. The van der Waals surface area contributed by atoms with E-state index in [-0.39, 0.29) is 12.2 Å². The molecule has 1 saturated carbocycles. The summed E-state index contributed by atoms with van der Waals surface area (Å²) in [5.41, 5.74) is -2.71. The fourth-order valence-corrected chi connectivity index (χ4v) is 4.15. The molecule has 0 bridgehead atoms. The van der Waals surface area contributed by atoms with Crippen molar-refractivity contribution >= 4 is 15.8 Å². The van der Waals surface area contributed by atoms with E-state index in [1.54, 1.807) is 0 Å². The molecule has 0 aromatic rings. The van der Waals surface area contributed by atoms with Gasteiger partial charge in [-0.15, -0.1) is 0 Å². The summed E-state index contributed by atoms with van der Waals surface area (Å²) in [6.45, 7) is 0. The highest BCUT2D eigenvalue weighted by Gasteiger charge is 2.67. The van der Waals surface area contributed by atoms with Crippen LogP contribution in [0.1, 0.15) is 19.3 Å². The third-order valence-corrected chi connectivity index (χ3v) is 5.08. The van der Waals surface area contributed by atoms with E-state index in [0.29, 0.717) is 12.8 Å². The molecular formula is C8H12O5S. The number of sulfone groups is 1. The van der Waals surface area contributed by atoms with Crippen LogP contribution in [-0.2, 0) is 14.6 Å². The molecule has 0 spiro atoms. The monoisotopic (exact) mass is 220 g/mol. The molecule has 1 heterocycles. The number of aliphatic carboxylic acids is 1. The summed E-state index contributed by atoms with van der Waals surface area (Å²) in [5.74, 6) is -1.57. The Hall–Kier alpha value is -0.620. The topological polar surface area (TPSA) is 91.7 Å². The van der Waals surface area contributed by atoms with Crippen LogP contribution in [0.15, 0.2) is 0 Å². The predicted molar refractivity (Wildman–Crippen MR) is 47.5 cm³/mol. The quantitative estimate of drug-likeness (QED) is 0.648. The maximum atomic E-state index is 11.2. The summed E-state index contributed by atoms with van der Waals surface area (Å²) >= 11 is 0. The lowest BCUT2D eigenvalue weighted by atomic mass is 9.84. The minimum Gasteiger partial charge on any atom is -0.481 e. The van der Waals surface area contributed by atoms with Crippen LogP contribution in [-0.4, -0.2) is 41.7 Å². The molecular weight excluding hydrogens is 208 g/mol. The third-order valence-electron chi connectivity index (χ3n) is 3.34. The fourth-order valence-electron chi connectivity index (χ4n) is 2.21. The van der Waals surface area contributed by atoms with E-state index >= 15 is 0 Å². The van der Waals surface area contributed by atoms with Gasteiger partial charge in [-0.05, 0) is 19.3 Å². The summed E-state index contributed by atoms with van der Waals surface area (Å²) < 4.78 is 22.4. The van der Waals surface area contributed by atoms with Gasteiger partial charge in [-0.1, -0.05) is 0 Å². The van der Waals surface area contributed by atoms with E-state index < -0.39 is 32.6 Å². The van der Waals surface area contributed by atoms with Crippen LogP contribution >= 0.6 is 0 Å². The van der Waals surface area contributed by atoms with Gasteiger partial charge in [0.05, 0.1) is 22.5 Å². The standard InChI is InChI=1S/C8H12O5S/c9-6(10)7(1-2-7)8(11)3-4-14(12,13)5-8/h11H,1-5H2,(H,9,10). The molecule has 1 saturated heterocycles. The number of hydrogen-bond donors (Lipinski definition) is 2. The highest BCUT2D eigenvalue weighted by molar-refractivity contribution is 7.91. The zero-order chi connectivity index (χ0) is 10.6. The van der Waals surface area contributed by atoms with Gasteiger partial charge >= 0.3 is 5.97 Å². The lowest BCUT2D eigenvalue weighted by Crippen LogP contribution is -2.45. The fraction of sp³-hybridized carbons (Fsp3) is 0.875. The zero-order valence-corrected chi connectivity index (χ0v) is 8.38. The Morgan fingerprint density at radius 1 is 1.21 bits per heavy atom. The number of hydrogen-bond acceptors (Lipinski definition) is 4. The Balaban J connectivity index is 2.32. The van der Waals surface area contributed by atoms with Gasteiger partial charge < -0.3 is 10.2 Å². The Morgan fingerprint density at radius 2 is 1.79 bits per heavy atom. The summed E-state index contributed by atoms with van der Waals surface area (Å²) in [7, 11) is -3.24. The van der Waals surface area contributed by atoms with Crippen molar-refractivity contribution in [2.75, 3.05) is 11.5 Å². The molecule has 2 fully saturated rings. The van der Waals surface area contributed by atoms with Gasteiger partial charge in [-0.2, -0.15) is 0 Å². The number of carbonyl (C=O) groups is 1. The number of carboxylic acid groups (broad SMARTS) is 1. The van der Waals surface area contributed by atoms with Crippen LogP contribution in [0, 0.1) is 5.41 Å². The predicted octanol–water partition coefficient (Wildman–Crippen LogP) is -0.599. The highest BCUT2D eigenvalue weighted by Crippen LogP contribution is 2.57. The normalized spacial score (nSPS) is 38.1. The molecule has 2 rings (SSSR count). The van der Waals surface area contributed by atoms with Crippen LogP contribution in [0.2, 0.25) is 0 Å². The van der Waals surface area contributed by atoms with E-state index in [9.17, 15) is 18.3 Å². The first kappa shape index (κ1) is 9.92. The first-order chi connectivity index (χ1) is 6.31. The number of carboxylic acids is 1. The van der Waals surface area contributed by atoms with Crippen LogP contribution in [0.5, 0.6) is 0 Å². The van der Waals surface area contributed by atoms with Crippen molar-refractivity contribution < 1.29 is 23.4 Å². The first-order valence-corrected chi connectivity index (χ1v) is 6.30. The van der Waals surface area contributed by atoms with Crippen molar-refractivity contribution in [2.45, 2.75) is 24.9 Å². The van der Waals surface area contributed by atoms with Gasteiger partial charge in [0.25, 0.3) is 0 Å². The second-order valence-electron chi connectivity index (χ2n) is 4.26. The average molecular weight is 220 g/mol. The Labute approximate surface area is 81.7 Å². The molecule has 0 aromatic heterocycles. The smallest absolute Gasteiger partial charge is 0.312 e. The Kier molecular flexibility index (Phi) is 1.76. The lowest BCUT2D eigenvalue weighted by Gasteiger charge is -2.27. The maximum Gasteiger partial charge on any atom is 0.312 e. The molecule has 80 valence electrons. The maximum absolute atomic E-state index is 11.2. The molecule has 14 heavy (non-hydrogen) atoms. The van der Waals surface area contributed by atoms with Crippen molar-refractivity contribution in [3.05, 3.63) is 0 Å². The molecule has 2 aliphatic rings. The van der Waals surface area contributed by atoms with Gasteiger partial charge in [-0.3, -0.25) is 4.79 Å². The second kappa shape index (κ2) is 2.49. The van der Waals surface area contributed by atoms with Crippen LogP contribution in [0.3, 0.4) is 0 Å². The minimum atomic E-state index is -3.24. The molecule has 0 amide bonds. The van der Waals surface area contributed by atoms with Crippen molar-refractivity contribution in [1.82, 2.24) is 0 Å². The number of rotatable bonds is 2. The molecule has 5 nitrogen and oxygen atoms in total. The molecule has 1 aliphatic carbocycles. The van der Waals surface area contributed by atoms with Gasteiger partial charge in [0.15, 0.2) is 9.84 Å². The molecule has 0 aromatic carbocycles. The van der Waals surface area contributed by atoms with Crippen LogP contribution in [0.25, 0.3) is 0 Å². The lowest BCUT2D eigenvalue weighted by molar-refractivity contribution is -0.153. The van der Waals surface area contributed by atoms with E-state index in [4.69, 9.17) is 5.11 Å². The van der Waals surface area contributed by atoms with E-state index in [1.807, 2.05) is 0 Å². The molecule has 1 aliphatic heterocycles. The molecule has 0 radical (unpaired) electrons. The van der Waals surface area contributed by atoms with Crippen molar-refractivity contribution in [1.29, 1.82) is 0 Å². The van der Waals surface area contributed by atoms with Crippen LogP contribution in [0.4, 0.5) is 0 Å². The van der Waals surface area contributed by atoms with Gasteiger partial charge in [-0.25, -0.2) is 8.42 Å². The average Bonchev–Trinajstić information content (AvgIpc) is 2.76. The van der Waals surface area contributed by atoms with Crippen molar-refractivity contribution in [3.63, 3.8) is 0 Å². The van der Waals surface area contributed by atoms with E-state index in [2.05, 4.69) is 0 Å². The van der Waals surface area contributed by atoms with Gasteiger partial charge in [0.1, 0.15) is 0 Å². The van der Waals surface area contributed by atoms with Crippen LogP contribution < -0.4 is 0 Å². The largest absolute Gasteiger partial charge is 0.481 e. The summed E-state index contributed by atoms with van der Waals surface area (Å²) in [5, 5.41) is 19.0. The highest BCUT2D eigenvalue weighted by atomic mass is 32.2. The SMILES string of the molecule is O=C(O)C1(C2(O)CCS(=O)(=O)C2)CC1. The second-order valence-corrected chi connectivity index (χ2v) is 6.44. The van der Waals surface area contributed by atoms with Gasteiger partial charge in [0.2, 0.25) is 0 Å². The summed E-state index contributed by atoms with van der Waals surface area (Å²) in [6.07, 6.45) is 0.824. The van der Waals surface area contributed by atoms with Gasteiger partial charge in [0, 0.05) is 0 Å². The van der Waals surface area contributed by atoms with Crippen molar-refractivity contribution in [2.24, 2.45) is 5.41 Å². The Morgan fingerprint density at radius 3 is 2.07 bits per heavy atom. The van der Waals surface area contributed by atoms with Crippen molar-refractivity contribution in [3.8, 4) is 0 Å². The molecule has 6 heteroatoms. The minimum absolute atomic E-state index is 0.0572. The first-order valence-electron chi connectivity index (χ1n) is 4.48. The molecule has 2 N–H and O–H groups in total. The van der Waals surface area contributed by atoms with E-state index in [0.717, 1.165) is 0 Å². The molecule has 1 unspecified atom stereocenters. The number of aliphatic hydroxyl groups is 1. The summed E-state index contributed by atoms with van der Waals surface area (Å²) in [6, 6.07) is 0.